The van der Waals surface area contributed by atoms with Crippen molar-refractivity contribution >= 4 is 23.6 Å². The predicted molar refractivity (Wildman–Crippen MR) is 87.4 cm³/mol. The Morgan fingerprint density at radius 1 is 1.10 bits per heavy atom. The highest BCUT2D eigenvalue weighted by atomic mass is 32.2. The first-order valence-electron chi connectivity index (χ1n) is 7.09. The average molecular weight is 309 g/mol. The summed E-state index contributed by atoms with van der Waals surface area (Å²) in [4.78, 5) is 23.6. The number of benzene rings is 1. The molecule has 4 nitrogen and oxygen atoms in total. The molecule has 0 aliphatic carbocycles. The Balaban J connectivity index is 2.70. The molecule has 0 atom stereocenters. The van der Waals surface area contributed by atoms with Crippen molar-refractivity contribution in [2.45, 2.75) is 33.1 Å². The molecule has 2 N–H and O–H groups in total. The van der Waals surface area contributed by atoms with Gasteiger partial charge in [0.1, 0.15) is 0 Å². The van der Waals surface area contributed by atoms with Crippen molar-refractivity contribution in [3.63, 3.8) is 0 Å². The van der Waals surface area contributed by atoms with Gasteiger partial charge in [-0.1, -0.05) is 18.6 Å². The van der Waals surface area contributed by atoms with E-state index >= 15 is 0 Å². The van der Waals surface area contributed by atoms with Crippen molar-refractivity contribution in [3.8, 4) is 0 Å². The normalized spacial score (nSPS) is 10.4. The van der Waals surface area contributed by atoms with Crippen LogP contribution in [0.15, 0.2) is 12.1 Å². The lowest BCUT2D eigenvalue weighted by Crippen LogP contribution is -2.27. The van der Waals surface area contributed by atoms with Crippen molar-refractivity contribution < 1.29 is 14.7 Å². The molecule has 0 bridgehead atoms. The van der Waals surface area contributed by atoms with Gasteiger partial charge in [-0.3, -0.25) is 4.79 Å². The minimum absolute atomic E-state index is 0.106. The molecule has 0 aliphatic heterocycles. The van der Waals surface area contributed by atoms with Crippen molar-refractivity contribution in [2.75, 3.05) is 18.6 Å². The van der Waals surface area contributed by atoms with Gasteiger partial charge in [0.25, 0.3) is 5.91 Å². The Hall–Kier alpha value is -1.49. The fourth-order valence-corrected chi connectivity index (χ4v) is 2.71. The van der Waals surface area contributed by atoms with E-state index in [0.717, 1.165) is 25.0 Å². The molecular weight excluding hydrogens is 286 g/mol. The second-order valence-electron chi connectivity index (χ2n) is 5.06. The molecule has 116 valence electrons. The molecule has 0 heterocycles. The zero-order valence-electron chi connectivity index (χ0n) is 12.9. The summed E-state index contributed by atoms with van der Waals surface area (Å²) in [6.07, 6.45) is 5.20. The molecule has 0 aliphatic rings. The zero-order valence-corrected chi connectivity index (χ0v) is 13.7. The smallest absolute Gasteiger partial charge is 0.336 e. The van der Waals surface area contributed by atoms with Gasteiger partial charge < -0.3 is 10.4 Å². The van der Waals surface area contributed by atoms with Crippen molar-refractivity contribution in [2.24, 2.45) is 0 Å². The topological polar surface area (TPSA) is 66.4 Å². The SMILES string of the molecule is CSCCCCCNC(=O)c1c(C)ccc(C)c1C(=O)O. The second-order valence-corrected chi connectivity index (χ2v) is 6.05. The summed E-state index contributed by atoms with van der Waals surface area (Å²) in [5.41, 5.74) is 1.69. The molecule has 0 radical (unpaired) electrons. The second kappa shape index (κ2) is 8.72. The minimum atomic E-state index is -1.05. The first-order valence-corrected chi connectivity index (χ1v) is 8.49. The van der Waals surface area contributed by atoms with Gasteiger partial charge in [0.15, 0.2) is 0 Å². The molecule has 1 aromatic carbocycles. The number of carbonyl (C=O) groups excluding carboxylic acids is 1. The molecule has 21 heavy (non-hydrogen) atoms. The molecule has 1 rings (SSSR count). The van der Waals surface area contributed by atoms with Crippen molar-refractivity contribution in [1.29, 1.82) is 0 Å². The lowest BCUT2D eigenvalue weighted by Gasteiger charge is -2.12. The lowest BCUT2D eigenvalue weighted by molar-refractivity contribution is 0.0690. The van der Waals surface area contributed by atoms with E-state index in [1.165, 1.54) is 0 Å². The van der Waals surface area contributed by atoms with Crippen LogP contribution in [0, 0.1) is 13.8 Å². The maximum Gasteiger partial charge on any atom is 0.336 e. The Labute approximate surface area is 130 Å². The van der Waals surface area contributed by atoms with Gasteiger partial charge in [0, 0.05) is 6.54 Å². The van der Waals surface area contributed by atoms with Gasteiger partial charge >= 0.3 is 5.97 Å². The highest BCUT2D eigenvalue weighted by Gasteiger charge is 2.20. The van der Waals surface area contributed by atoms with Crippen molar-refractivity contribution in [1.82, 2.24) is 5.32 Å². The van der Waals surface area contributed by atoms with E-state index < -0.39 is 5.97 Å². The van der Waals surface area contributed by atoms with Crippen LogP contribution in [-0.2, 0) is 0 Å². The number of carboxylic acids is 1. The van der Waals surface area contributed by atoms with Gasteiger partial charge in [-0.15, -0.1) is 0 Å². The molecule has 1 amide bonds. The number of hydrogen-bond donors (Lipinski definition) is 2. The fourth-order valence-electron chi connectivity index (χ4n) is 2.22. The highest BCUT2D eigenvalue weighted by molar-refractivity contribution is 7.98. The average Bonchev–Trinajstić information content (AvgIpc) is 2.44. The third-order valence-electron chi connectivity index (χ3n) is 3.37. The summed E-state index contributed by atoms with van der Waals surface area (Å²) >= 11 is 1.82. The molecule has 1 aromatic rings. The quantitative estimate of drug-likeness (QED) is 0.723. The van der Waals surface area contributed by atoms with Gasteiger partial charge in [0.05, 0.1) is 11.1 Å². The van der Waals surface area contributed by atoms with E-state index in [0.29, 0.717) is 17.7 Å². The summed E-state index contributed by atoms with van der Waals surface area (Å²) < 4.78 is 0. The minimum Gasteiger partial charge on any atom is -0.478 e. The van der Waals surface area contributed by atoms with Crippen molar-refractivity contribution in [3.05, 3.63) is 34.4 Å². The largest absolute Gasteiger partial charge is 0.478 e. The number of aromatic carboxylic acids is 1. The Kier molecular flexibility index (Phi) is 7.29. The third kappa shape index (κ3) is 5.08. The maximum absolute atomic E-state index is 12.3. The summed E-state index contributed by atoms with van der Waals surface area (Å²) in [6.45, 7) is 4.06. The maximum atomic E-state index is 12.3. The fraction of sp³-hybridized carbons (Fsp3) is 0.500. The van der Waals surface area contributed by atoms with E-state index in [2.05, 4.69) is 11.6 Å². The number of thioether (sulfide) groups is 1. The van der Waals surface area contributed by atoms with Crippen LogP contribution < -0.4 is 5.32 Å². The van der Waals surface area contributed by atoms with Crippen LogP contribution in [-0.4, -0.2) is 35.5 Å². The molecule has 0 fully saturated rings. The van der Waals surface area contributed by atoms with Crippen LogP contribution in [0.3, 0.4) is 0 Å². The number of carboxylic acid groups (broad SMARTS) is 1. The van der Waals surface area contributed by atoms with Crippen LogP contribution in [0.25, 0.3) is 0 Å². The van der Waals surface area contributed by atoms with Gasteiger partial charge in [-0.2, -0.15) is 11.8 Å². The Morgan fingerprint density at radius 3 is 2.29 bits per heavy atom. The number of carbonyl (C=O) groups is 2. The monoisotopic (exact) mass is 309 g/mol. The molecule has 0 saturated carbocycles. The number of unbranched alkanes of at least 4 members (excludes halogenated alkanes) is 2. The third-order valence-corrected chi connectivity index (χ3v) is 4.07. The predicted octanol–water partition coefficient (Wildman–Crippen LogP) is 3.26. The lowest BCUT2D eigenvalue weighted by atomic mass is 9.96. The van der Waals surface area contributed by atoms with Crippen LogP contribution >= 0.6 is 11.8 Å². The van der Waals surface area contributed by atoms with Gasteiger partial charge in [-0.05, 0) is 49.8 Å². The van der Waals surface area contributed by atoms with Crippen LogP contribution in [0.4, 0.5) is 0 Å². The number of rotatable bonds is 8. The molecule has 5 heteroatoms. The summed E-state index contributed by atoms with van der Waals surface area (Å²) in [7, 11) is 0. The summed E-state index contributed by atoms with van der Waals surface area (Å²) in [5.74, 6) is -0.214. The van der Waals surface area contributed by atoms with E-state index in [1.807, 2.05) is 11.8 Å². The number of amides is 1. The zero-order chi connectivity index (χ0) is 15.8. The van der Waals surface area contributed by atoms with Gasteiger partial charge in [-0.25, -0.2) is 4.79 Å². The van der Waals surface area contributed by atoms with E-state index in [9.17, 15) is 14.7 Å². The molecule has 0 saturated heterocycles. The van der Waals surface area contributed by atoms with Crippen LogP contribution in [0.2, 0.25) is 0 Å². The Morgan fingerprint density at radius 2 is 1.71 bits per heavy atom. The van der Waals surface area contributed by atoms with Crippen LogP contribution in [0.1, 0.15) is 51.1 Å². The molecule has 0 unspecified atom stereocenters. The Bertz CT molecular complexity index is 514. The number of nitrogens with one attached hydrogen (secondary N) is 1. The van der Waals surface area contributed by atoms with E-state index in [1.54, 1.807) is 26.0 Å². The van der Waals surface area contributed by atoms with Gasteiger partial charge in [0.2, 0.25) is 0 Å². The van der Waals surface area contributed by atoms with Crippen LogP contribution in [0.5, 0.6) is 0 Å². The summed E-state index contributed by atoms with van der Waals surface area (Å²) in [5, 5.41) is 12.1. The molecule has 0 spiro atoms. The summed E-state index contributed by atoms with van der Waals surface area (Å²) in [6, 6.07) is 3.52. The highest BCUT2D eigenvalue weighted by Crippen LogP contribution is 2.18. The molecular formula is C16H23NO3S. The number of hydrogen-bond acceptors (Lipinski definition) is 3. The van der Waals surface area contributed by atoms with E-state index in [4.69, 9.17) is 0 Å². The first-order chi connectivity index (χ1) is 9.99. The van der Waals surface area contributed by atoms with E-state index in [-0.39, 0.29) is 17.0 Å². The molecule has 0 aromatic heterocycles. The first kappa shape index (κ1) is 17.6. The standard InChI is InChI=1S/C16H23NO3S/c1-11-7-8-12(2)14(16(19)20)13(11)15(18)17-9-5-4-6-10-21-3/h7-8H,4-6,9-10H2,1-3H3,(H,17,18)(H,19,20). The number of aryl methyl sites for hydroxylation is 2.